The summed E-state index contributed by atoms with van der Waals surface area (Å²) in [5.74, 6) is 0.635. The van der Waals surface area contributed by atoms with Crippen LogP contribution in [0.1, 0.15) is 25.7 Å². The van der Waals surface area contributed by atoms with E-state index in [0.29, 0.717) is 24.9 Å². The van der Waals surface area contributed by atoms with Gasteiger partial charge in [0.15, 0.2) is 0 Å². The van der Waals surface area contributed by atoms with E-state index in [0.717, 1.165) is 32.4 Å². The van der Waals surface area contributed by atoms with Crippen molar-refractivity contribution in [1.29, 1.82) is 0 Å². The van der Waals surface area contributed by atoms with Gasteiger partial charge in [-0.3, -0.25) is 14.5 Å². The molecule has 1 saturated heterocycles. The van der Waals surface area contributed by atoms with E-state index < -0.39 is 0 Å². The van der Waals surface area contributed by atoms with Crippen LogP contribution in [0.2, 0.25) is 0 Å². The fourth-order valence-electron chi connectivity index (χ4n) is 2.29. The van der Waals surface area contributed by atoms with Gasteiger partial charge in [-0.2, -0.15) is 0 Å². The predicted octanol–water partition coefficient (Wildman–Crippen LogP) is -0.277. The number of carbonyl (C=O) groups is 2. The molecule has 0 aromatic heterocycles. The molecule has 5 heteroatoms. The molecule has 5 nitrogen and oxygen atoms in total. The monoisotopic (exact) mass is 239 g/mol. The van der Waals surface area contributed by atoms with Crippen LogP contribution in [-0.2, 0) is 9.59 Å². The largest absolute Gasteiger partial charge is 0.359 e. The molecular weight excluding hydrogens is 218 g/mol. The number of hydrogen-bond donors (Lipinski definition) is 2. The Balaban J connectivity index is 1.66. The molecule has 17 heavy (non-hydrogen) atoms. The van der Waals surface area contributed by atoms with Gasteiger partial charge in [0.2, 0.25) is 11.8 Å². The lowest BCUT2D eigenvalue weighted by Crippen LogP contribution is -2.37. The number of rotatable bonds is 5. The standard InChI is InChI=1S/C12H21N3O2/c1-13-11(16)6-9-4-5-15(7-9)8-12(17)14-10-2-3-10/h9-10H,2-8H2,1H3,(H,13,16)(H,14,17). The fourth-order valence-corrected chi connectivity index (χ4v) is 2.29. The Labute approximate surface area is 102 Å². The second-order valence-electron chi connectivity index (χ2n) is 5.11. The zero-order valence-corrected chi connectivity index (χ0v) is 10.4. The van der Waals surface area contributed by atoms with Crippen LogP contribution in [0.5, 0.6) is 0 Å². The third-order valence-corrected chi connectivity index (χ3v) is 3.43. The van der Waals surface area contributed by atoms with E-state index in [4.69, 9.17) is 0 Å². The summed E-state index contributed by atoms with van der Waals surface area (Å²) in [7, 11) is 1.66. The van der Waals surface area contributed by atoms with Gasteiger partial charge in [0, 0.05) is 26.1 Å². The molecule has 0 bridgehead atoms. The predicted molar refractivity (Wildman–Crippen MR) is 64.4 cm³/mol. The highest BCUT2D eigenvalue weighted by Gasteiger charge is 2.28. The van der Waals surface area contributed by atoms with Gasteiger partial charge in [-0.25, -0.2) is 0 Å². The highest BCUT2D eigenvalue weighted by atomic mass is 16.2. The molecule has 1 unspecified atom stereocenters. The van der Waals surface area contributed by atoms with Gasteiger partial charge in [-0.1, -0.05) is 0 Å². The smallest absolute Gasteiger partial charge is 0.234 e. The maximum Gasteiger partial charge on any atom is 0.234 e. The van der Waals surface area contributed by atoms with E-state index in [1.54, 1.807) is 7.05 Å². The normalized spacial score (nSPS) is 24.6. The molecule has 0 radical (unpaired) electrons. The molecule has 96 valence electrons. The van der Waals surface area contributed by atoms with Crippen molar-refractivity contribution in [2.24, 2.45) is 5.92 Å². The first-order valence-electron chi connectivity index (χ1n) is 6.39. The summed E-state index contributed by atoms with van der Waals surface area (Å²) >= 11 is 0. The summed E-state index contributed by atoms with van der Waals surface area (Å²) in [6.07, 6.45) is 3.86. The van der Waals surface area contributed by atoms with E-state index in [1.807, 2.05) is 0 Å². The van der Waals surface area contributed by atoms with Gasteiger partial charge in [0.05, 0.1) is 6.54 Å². The Kier molecular flexibility index (Phi) is 3.99. The highest BCUT2D eigenvalue weighted by Crippen LogP contribution is 2.20. The van der Waals surface area contributed by atoms with Gasteiger partial charge in [-0.15, -0.1) is 0 Å². The lowest BCUT2D eigenvalue weighted by molar-refractivity contribution is -0.122. The number of likely N-dealkylation sites (tertiary alicyclic amines) is 1. The first kappa shape index (κ1) is 12.4. The quantitative estimate of drug-likeness (QED) is 0.694. The summed E-state index contributed by atoms with van der Waals surface area (Å²) in [6, 6.07) is 0.437. The van der Waals surface area contributed by atoms with E-state index in [9.17, 15) is 9.59 Å². The topological polar surface area (TPSA) is 61.4 Å². The SMILES string of the molecule is CNC(=O)CC1CCN(CC(=O)NC2CC2)C1. The van der Waals surface area contributed by atoms with Gasteiger partial charge < -0.3 is 10.6 Å². The average Bonchev–Trinajstić information content (AvgIpc) is 2.99. The molecule has 1 atom stereocenters. The maximum atomic E-state index is 11.6. The zero-order chi connectivity index (χ0) is 12.3. The summed E-state index contributed by atoms with van der Waals surface area (Å²) in [5.41, 5.74) is 0. The summed E-state index contributed by atoms with van der Waals surface area (Å²) in [4.78, 5) is 25.0. The minimum absolute atomic E-state index is 0.0966. The Hall–Kier alpha value is -1.10. The molecule has 2 rings (SSSR count). The third kappa shape index (κ3) is 4.00. The van der Waals surface area contributed by atoms with E-state index in [1.165, 1.54) is 0 Å². The second kappa shape index (κ2) is 5.49. The number of hydrogen-bond acceptors (Lipinski definition) is 3. The van der Waals surface area contributed by atoms with Crippen LogP contribution in [0, 0.1) is 5.92 Å². The number of amides is 2. The van der Waals surface area contributed by atoms with Gasteiger partial charge in [-0.05, 0) is 31.7 Å². The Bertz CT molecular complexity index is 302. The second-order valence-corrected chi connectivity index (χ2v) is 5.11. The first-order chi connectivity index (χ1) is 8.17. The molecule has 2 fully saturated rings. The summed E-state index contributed by atoms with van der Waals surface area (Å²) in [6.45, 7) is 2.28. The molecule has 1 aliphatic carbocycles. The molecule has 1 saturated carbocycles. The number of carbonyl (C=O) groups excluding carboxylic acids is 2. The molecule has 2 aliphatic rings. The van der Waals surface area contributed by atoms with E-state index >= 15 is 0 Å². The van der Waals surface area contributed by atoms with Gasteiger partial charge in [0.1, 0.15) is 0 Å². The van der Waals surface area contributed by atoms with Crippen LogP contribution in [-0.4, -0.2) is 49.4 Å². The average molecular weight is 239 g/mol. The van der Waals surface area contributed by atoms with Crippen molar-refractivity contribution in [3.05, 3.63) is 0 Å². The molecule has 0 aromatic rings. The van der Waals surface area contributed by atoms with Crippen molar-refractivity contribution in [2.45, 2.75) is 31.7 Å². The lowest BCUT2D eigenvalue weighted by Gasteiger charge is -2.15. The highest BCUT2D eigenvalue weighted by molar-refractivity contribution is 5.78. The van der Waals surface area contributed by atoms with Gasteiger partial charge in [0.25, 0.3) is 0 Å². The lowest BCUT2D eigenvalue weighted by atomic mass is 10.1. The molecule has 2 N–H and O–H groups in total. The van der Waals surface area contributed by atoms with Crippen molar-refractivity contribution in [3.63, 3.8) is 0 Å². The van der Waals surface area contributed by atoms with Crippen molar-refractivity contribution in [3.8, 4) is 0 Å². The fraction of sp³-hybridized carbons (Fsp3) is 0.833. The third-order valence-electron chi connectivity index (χ3n) is 3.43. The van der Waals surface area contributed by atoms with Gasteiger partial charge >= 0.3 is 0 Å². The van der Waals surface area contributed by atoms with Crippen LogP contribution < -0.4 is 10.6 Å². The number of nitrogens with one attached hydrogen (secondary N) is 2. The summed E-state index contributed by atoms with van der Waals surface area (Å²) < 4.78 is 0. The van der Waals surface area contributed by atoms with Crippen LogP contribution in [0.3, 0.4) is 0 Å². The minimum Gasteiger partial charge on any atom is -0.359 e. The molecular formula is C12H21N3O2. The molecule has 1 heterocycles. The van der Waals surface area contributed by atoms with E-state index in [-0.39, 0.29) is 11.8 Å². The molecule has 0 aromatic carbocycles. The molecule has 1 aliphatic heterocycles. The Morgan fingerprint density at radius 1 is 1.24 bits per heavy atom. The zero-order valence-electron chi connectivity index (χ0n) is 10.4. The molecule has 0 spiro atoms. The van der Waals surface area contributed by atoms with Crippen molar-refractivity contribution in [2.75, 3.05) is 26.7 Å². The molecule has 2 amide bonds. The summed E-state index contributed by atoms with van der Waals surface area (Å²) in [5, 5.41) is 5.63. The van der Waals surface area contributed by atoms with E-state index in [2.05, 4.69) is 15.5 Å². The van der Waals surface area contributed by atoms with Crippen LogP contribution in [0.4, 0.5) is 0 Å². The Morgan fingerprint density at radius 3 is 2.65 bits per heavy atom. The van der Waals surface area contributed by atoms with Crippen LogP contribution in [0.15, 0.2) is 0 Å². The van der Waals surface area contributed by atoms with Crippen molar-refractivity contribution < 1.29 is 9.59 Å². The van der Waals surface area contributed by atoms with Crippen molar-refractivity contribution >= 4 is 11.8 Å². The number of nitrogens with zero attached hydrogens (tertiary/aromatic N) is 1. The van der Waals surface area contributed by atoms with Crippen LogP contribution in [0.25, 0.3) is 0 Å². The maximum absolute atomic E-state index is 11.6. The minimum atomic E-state index is 0.0966. The Morgan fingerprint density at radius 2 is 2.00 bits per heavy atom. The van der Waals surface area contributed by atoms with Crippen molar-refractivity contribution in [1.82, 2.24) is 15.5 Å². The van der Waals surface area contributed by atoms with Crippen LogP contribution >= 0.6 is 0 Å². The first-order valence-corrected chi connectivity index (χ1v) is 6.39.